The van der Waals surface area contributed by atoms with Gasteiger partial charge in [-0.1, -0.05) is 0 Å². The molecule has 17 heavy (non-hydrogen) atoms. The van der Waals surface area contributed by atoms with E-state index < -0.39 is 0 Å². The third-order valence-corrected chi connectivity index (χ3v) is 6.01. The molecule has 0 aliphatic rings. The van der Waals surface area contributed by atoms with Crippen LogP contribution >= 0.6 is 46.9 Å². The molecule has 2 unspecified atom stereocenters. The van der Waals surface area contributed by atoms with Crippen LogP contribution in [0.5, 0.6) is 0 Å². The van der Waals surface area contributed by atoms with Gasteiger partial charge in [-0.05, 0) is 0 Å². The molecular formula is C10H21ClO3S3. The Balaban J connectivity index is 3.52. The van der Waals surface area contributed by atoms with Crippen molar-refractivity contribution in [2.45, 2.75) is 11.4 Å². The summed E-state index contributed by atoms with van der Waals surface area (Å²) in [5.41, 5.74) is 0. The molecule has 0 aliphatic carbocycles. The second-order valence-electron chi connectivity index (χ2n) is 3.35. The Hall–Kier alpha value is 1.22. The molecule has 0 spiro atoms. The van der Waals surface area contributed by atoms with Crippen molar-refractivity contribution in [2.24, 2.45) is 0 Å². The lowest BCUT2D eigenvalue weighted by Crippen LogP contribution is -2.20. The summed E-state index contributed by atoms with van der Waals surface area (Å²) in [6.45, 7) is 0.288. The highest BCUT2D eigenvalue weighted by Crippen LogP contribution is 2.18. The van der Waals surface area contributed by atoms with Crippen LogP contribution in [0.25, 0.3) is 0 Å². The SMILES string of the molecule is OCCSCC(CO)SCC(O)CSCCCl. The highest BCUT2D eigenvalue weighted by atomic mass is 35.5. The summed E-state index contributed by atoms with van der Waals surface area (Å²) in [6.07, 6.45) is -0.342. The van der Waals surface area contributed by atoms with Crippen LogP contribution in [-0.4, -0.2) is 74.5 Å². The molecule has 0 aromatic rings. The van der Waals surface area contributed by atoms with Crippen LogP contribution in [0, 0.1) is 0 Å². The van der Waals surface area contributed by atoms with Gasteiger partial charge in [0.1, 0.15) is 0 Å². The lowest BCUT2D eigenvalue weighted by Gasteiger charge is -2.16. The zero-order valence-corrected chi connectivity index (χ0v) is 13.0. The molecule has 2 atom stereocenters. The first kappa shape index (κ1) is 18.2. The van der Waals surface area contributed by atoms with Crippen LogP contribution in [-0.2, 0) is 0 Å². The molecule has 0 aromatic heterocycles. The smallest absolute Gasteiger partial charge is 0.0721 e. The molecule has 0 aromatic carbocycles. The molecule has 0 saturated heterocycles. The summed E-state index contributed by atoms with van der Waals surface area (Å²) in [5.74, 6) is 4.32. The van der Waals surface area contributed by atoms with Gasteiger partial charge in [-0.25, -0.2) is 0 Å². The molecule has 7 heteroatoms. The van der Waals surface area contributed by atoms with Crippen LogP contribution in [0.1, 0.15) is 0 Å². The van der Waals surface area contributed by atoms with Gasteiger partial charge in [0.15, 0.2) is 0 Å². The van der Waals surface area contributed by atoms with E-state index in [0.717, 1.165) is 11.5 Å². The first-order valence-corrected chi connectivity index (χ1v) is 9.36. The number of aliphatic hydroxyl groups is 3. The summed E-state index contributed by atoms with van der Waals surface area (Å²) in [6, 6.07) is 0. The summed E-state index contributed by atoms with van der Waals surface area (Å²) in [4.78, 5) is 0. The third-order valence-electron chi connectivity index (χ3n) is 1.80. The maximum absolute atomic E-state index is 9.68. The summed E-state index contributed by atoms with van der Waals surface area (Å²) in [5, 5.41) is 27.6. The third kappa shape index (κ3) is 12.0. The Labute approximate surface area is 121 Å². The standard InChI is InChI=1S/C10H21ClO3S3/c11-1-3-15-6-9(14)7-17-10(5-13)8-16-4-2-12/h9-10,12-14H,1-8H2. The van der Waals surface area contributed by atoms with Crippen LogP contribution < -0.4 is 0 Å². The molecule has 0 amide bonds. The zero-order valence-electron chi connectivity index (χ0n) is 9.76. The van der Waals surface area contributed by atoms with Crippen LogP contribution in [0.4, 0.5) is 0 Å². The average Bonchev–Trinajstić information content (AvgIpc) is 2.34. The zero-order chi connectivity index (χ0) is 12.9. The van der Waals surface area contributed by atoms with E-state index >= 15 is 0 Å². The second-order valence-corrected chi connectivity index (χ2v) is 7.37. The van der Waals surface area contributed by atoms with Gasteiger partial charge < -0.3 is 15.3 Å². The van der Waals surface area contributed by atoms with Gasteiger partial charge in [0, 0.05) is 39.9 Å². The average molecular weight is 321 g/mol. The van der Waals surface area contributed by atoms with Crippen LogP contribution in [0.2, 0.25) is 0 Å². The molecule has 0 aliphatic heterocycles. The minimum Gasteiger partial charge on any atom is -0.396 e. The Morgan fingerprint density at radius 3 is 2.29 bits per heavy atom. The van der Waals surface area contributed by atoms with Crippen molar-refractivity contribution >= 4 is 46.9 Å². The number of rotatable bonds is 12. The molecule has 3 nitrogen and oxygen atoms in total. The van der Waals surface area contributed by atoms with Gasteiger partial charge in [0.2, 0.25) is 0 Å². The van der Waals surface area contributed by atoms with Crippen molar-refractivity contribution < 1.29 is 15.3 Å². The minimum absolute atomic E-state index is 0.116. The van der Waals surface area contributed by atoms with Gasteiger partial charge in [0.25, 0.3) is 0 Å². The Morgan fingerprint density at radius 2 is 1.71 bits per heavy atom. The van der Waals surface area contributed by atoms with Crippen molar-refractivity contribution in [3.05, 3.63) is 0 Å². The fourth-order valence-corrected chi connectivity index (χ4v) is 4.20. The highest BCUT2D eigenvalue weighted by Gasteiger charge is 2.11. The number of halogens is 1. The Kier molecular flexibility index (Phi) is 14.6. The second kappa shape index (κ2) is 13.6. The predicted octanol–water partition coefficient (Wildman–Crippen LogP) is 1.14. The lowest BCUT2D eigenvalue weighted by atomic mass is 10.5. The predicted molar refractivity (Wildman–Crippen MR) is 81.8 cm³/mol. The number of thioether (sulfide) groups is 3. The summed E-state index contributed by atoms with van der Waals surface area (Å²) < 4.78 is 0. The maximum atomic E-state index is 9.68. The van der Waals surface area contributed by atoms with E-state index in [1.807, 2.05) is 0 Å². The quantitative estimate of drug-likeness (QED) is 0.370. The van der Waals surface area contributed by atoms with Crippen molar-refractivity contribution in [1.29, 1.82) is 0 Å². The van der Waals surface area contributed by atoms with Crippen molar-refractivity contribution in [3.8, 4) is 0 Å². The summed E-state index contributed by atoms with van der Waals surface area (Å²) >= 11 is 10.4. The summed E-state index contributed by atoms with van der Waals surface area (Å²) in [7, 11) is 0. The molecule has 0 fully saturated rings. The maximum Gasteiger partial charge on any atom is 0.0721 e. The van der Waals surface area contributed by atoms with Crippen LogP contribution in [0.3, 0.4) is 0 Å². The molecule has 3 N–H and O–H groups in total. The van der Waals surface area contributed by atoms with Gasteiger partial charge >= 0.3 is 0 Å². The number of hydrogen-bond donors (Lipinski definition) is 3. The first-order chi connectivity index (χ1) is 8.24. The number of alkyl halides is 1. The van der Waals surface area contributed by atoms with E-state index in [-0.39, 0.29) is 24.6 Å². The fraction of sp³-hybridized carbons (Fsp3) is 1.00. The Bertz CT molecular complexity index is 166. The van der Waals surface area contributed by atoms with E-state index in [1.165, 1.54) is 0 Å². The largest absolute Gasteiger partial charge is 0.396 e. The topological polar surface area (TPSA) is 60.7 Å². The van der Waals surface area contributed by atoms with E-state index in [9.17, 15) is 5.11 Å². The molecule has 0 bridgehead atoms. The van der Waals surface area contributed by atoms with Gasteiger partial charge in [-0.3, -0.25) is 0 Å². The lowest BCUT2D eigenvalue weighted by molar-refractivity contribution is 0.224. The molecular weight excluding hydrogens is 300 g/mol. The van der Waals surface area contributed by atoms with Crippen LogP contribution in [0.15, 0.2) is 0 Å². The van der Waals surface area contributed by atoms with E-state index in [0.29, 0.717) is 23.1 Å². The monoisotopic (exact) mass is 320 g/mol. The van der Waals surface area contributed by atoms with E-state index in [4.69, 9.17) is 21.8 Å². The highest BCUT2D eigenvalue weighted by molar-refractivity contribution is 8.03. The first-order valence-electron chi connectivity index (χ1n) is 5.47. The Morgan fingerprint density at radius 1 is 1.00 bits per heavy atom. The van der Waals surface area contributed by atoms with Crippen molar-refractivity contribution in [3.63, 3.8) is 0 Å². The van der Waals surface area contributed by atoms with E-state index in [2.05, 4.69) is 0 Å². The molecule has 0 rings (SSSR count). The minimum atomic E-state index is -0.342. The normalized spacial score (nSPS) is 14.8. The fourth-order valence-electron chi connectivity index (χ4n) is 1.00. The van der Waals surface area contributed by atoms with Gasteiger partial charge in [-0.2, -0.15) is 35.3 Å². The van der Waals surface area contributed by atoms with Gasteiger partial charge in [0.05, 0.1) is 19.3 Å². The molecule has 0 radical (unpaired) electrons. The van der Waals surface area contributed by atoms with E-state index in [1.54, 1.807) is 35.3 Å². The number of hydrogen-bond acceptors (Lipinski definition) is 6. The molecule has 0 saturated carbocycles. The molecule has 104 valence electrons. The van der Waals surface area contributed by atoms with Gasteiger partial charge in [-0.15, -0.1) is 11.6 Å². The van der Waals surface area contributed by atoms with Crippen molar-refractivity contribution in [2.75, 3.05) is 47.9 Å². The van der Waals surface area contributed by atoms with Crippen molar-refractivity contribution in [1.82, 2.24) is 0 Å². The molecule has 0 heterocycles. The number of aliphatic hydroxyl groups excluding tert-OH is 3.